The minimum Gasteiger partial charge on any atom is -0.358 e. The van der Waals surface area contributed by atoms with Crippen LogP contribution in [0.3, 0.4) is 0 Å². The van der Waals surface area contributed by atoms with E-state index in [0.29, 0.717) is 12.0 Å². The highest BCUT2D eigenvalue weighted by atomic mass is 16.6. The van der Waals surface area contributed by atoms with Crippen LogP contribution in [-0.4, -0.2) is 20.6 Å². The van der Waals surface area contributed by atoms with Gasteiger partial charge < -0.3 is 10.1 Å². The zero-order chi connectivity index (χ0) is 13.0. The third-order valence-corrected chi connectivity index (χ3v) is 2.46. The normalized spacial score (nSPS) is 12.2. The molecule has 0 bridgehead atoms. The second kappa shape index (κ2) is 5.39. The number of nitrogens with one attached hydrogen (secondary N) is 1. The Hall–Kier alpha value is -1.96. The van der Waals surface area contributed by atoms with Gasteiger partial charge in [-0.3, -0.25) is 10.2 Å². The summed E-state index contributed by atoms with van der Waals surface area (Å²) in [7, 11) is 0. The molecule has 8 nitrogen and oxygen atoms in total. The van der Waals surface area contributed by atoms with E-state index in [1.54, 1.807) is 13.1 Å². The predicted octanol–water partition coefficient (Wildman–Crippen LogP) is 0.431. The van der Waals surface area contributed by atoms with Gasteiger partial charge in [-0.25, -0.2) is 5.84 Å². The predicted molar refractivity (Wildman–Crippen MR) is 59.9 cm³/mol. The fraction of sp³-hybridized carbons (Fsp3) is 0.556. The van der Waals surface area contributed by atoms with Crippen molar-refractivity contribution in [3.8, 4) is 0 Å². The smallest absolute Gasteiger partial charge is 0.358 e. The van der Waals surface area contributed by atoms with Gasteiger partial charge in [0.15, 0.2) is 0 Å². The summed E-state index contributed by atoms with van der Waals surface area (Å²) in [5, 5.41) is 14.5. The Kier molecular flexibility index (Phi) is 4.16. The molecule has 1 heterocycles. The highest BCUT2D eigenvalue weighted by Crippen LogP contribution is 2.19. The molecule has 8 heteroatoms. The van der Waals surface area contributed by atoms with Crippen molar-refractivity contribution in [1.82, 2.24) is 15.2 Å². The van der Waals surface area contributed by atoms with E-state index in [1.165, 1.54) is 4.68 Å². The van der Waals surface area contributed by atoms with Crippen LogP contribution in [0.1, 0.15) is 31.4 Å². The molecule has 94 valence electrons. The first-order valence-corrected chi connectivity index (χ1v) is 5.15. The Morgan fingerprint density at radius 2 is 2.41 bits per heavy atom. The number of aromatic nitrogens is 2. The van der Waals surface area contributed by atoms with Crippen LogP contribution in [0.5, 0.6) is 0 Å². The van der Waals surface area contributed by atoms with Gasteiger partial charge in [0.2, 0.25) is 5.91 Å². The van der Waals surface area contributed by atoms with Crippen LogP contribution in [0.4, 0.5) is 5.82 Å². The number of rotatable bonds is 5. The molecule has 3 N–H and O–H groups in total. The van der Waals surface area contributed by atoms with Gasteiger partial charge >= 0.3 is 5.82 Å². The molecular formula is C9H15N5O3. The Morgan fingerprint density at radius 3 is 2.88 bits per heavy atom. The molecule has 1 aromatic rings. The monoisotopic (exact) mass is 241 g/mol. The number of amides is 1. The number of aryl methyl sites for hydroxylation is 1. The van der Waals surface area contributed by atoms with Crippen LogP contribution >= 0.6 is 0 Å². The maximum Gasteiger partial charge on any atom is 0.392 e. The number of nitrogens with two attached hydrogens (primary N) is 1. The lowest BCUT2D eigenvalue weighted by Gasteiger charge is -2.07. The van der Waals surface area contributed by atoms with E-state index >= 15 is 0 Å². The summed E-state index contributed by atoms with van der Waals surface area (Å²) in [5.41, 5.74) is 2.53. The van der Waals surface area contributed by atoms with Gasteiger partial charge in [0.1, 0.15) is 0 Å². The molecule has 1 unspecified atom stereocenters. The van der Waals surface area contributed by atoms with Gasteiger partial charge in [-0.15, -0.1) is 0 Å². The van der Waals surface area contributed by atoms with E-state index in [4.69, 9.17) is 5.84 Å². The molecule has 0 spiro atoms. The topological polar surface area (TPSA) is 116 Å². The molecule has 1 amide bonds. The SMILES string of the molecule is Cc1cn(C(C)CCC(=O)NN)nc1[N+](=O)[O-]. The molecule has 0 aliphatic heterocycles. The molecule has 0 saturated heterocycles. The van der Waals surface area contributed by atoms with E-state index in [9.17, 15) is 14.9 Å². The van der Waals surface area contributed by atoms with Crippen molar-refractivity contribution in [2.24, 2.45) is 5.84 Å². The van der Waals surface area contributed by atoms with Gasteiger partial charge in [0.25, 0.3) is 0 Å². The van der Waals surface area contributed by atoms with Gasteiger partial charge in [-0.05, 0) is 25.2 Å². The van der Waals surface area contributed by atoms with Crippen molar-refractivity contribution in [3.63, 3.8) is 0 Å². The molecular weight excluding hydrogens is 226 g/mol. The number of carbonyl (C=O) groups is 1. The number of hydrazine groups is 1. The lowest BCUT2D eigenvalue weighted by molar-refractivity contribution is -0.390. The van der Waals surface area contributed by atoms with Gasteiger partial charge in [0.05, 0.1) is 22.9 Å². The maximum absolute atomic E-state index is 11.0. The van der Waals surface area contributed by atoms with E-state index in [2.05, 4.69) is 5.10 Å². The van der Waals surface area contributed by atoms with Crippen molar-refractivity contribution >= 4 is 11.7 Å². The zero-order valence-electron chi connectivity index (χ0n) is 9.71. The molecule has 1 atom stereocenters. The highest BCUT2D eigenvalue weighted by molar-refractivity contribution is 5.75. The van der Waals surface area contributed by atoms with Gasteiger partial charge in [0, 0.05) is 6.42 Å². The average molecular weight is 241 g/mol. The van der Waals surface area contributed by atoms with Crippen LogP contribution in [0.25, 0.3) is 0 Å². The minimum absolute atomic E-state index is 0.0975. The van der Waals surface area contributed by atoms with E-state index in [-0.39, 0.29) is 24.2 Å². The number of carbonyl (C=O) groups excluding carboxylic acids is 1. The summed E-state index contributed by atoms with van der Waals surface area (Å²) >= 11 is 0. The lowest BCUT2D eigenvalue weighted by atomic mass is 10.2. The second-order valence-electron chi connectivity index (χ2n) is 3.83. The van der Waals surface area contributed by atoms with E-state index in [0.717, 1.165) is 0 Å². The summed E-state index contributed by atoms with van der Waals surface area (Å²) in [6.07, 6.45) is 2.37. The Balaban J connectivity index is 2.69. The largest absolute Gasteiger partial charge is 0.392 e. The summed E-state index contributed by atoms with van der Waals surface area (Å²) in [6.45, 7) is 3.46. The quantitative estimate of drug-likeness (QED) is 0.335. The molecule has 17 heavy (non-hydrogen) atoms. The number of hydrogen-bond acceptors (Lipinski definition) is 5. The Bertz CT molecular complexity index is 428. The van der Waals surface area contributed by atoms with E-state index in [1.807, 2.05) is 12.3 Å². The molecule has 0 fully saturated rings. The number of nitro groups is 1. The van der Waals surface area contributed by atoms with Crippen LogP contribution in [0, 0.1) is 17.0 Å². The first-order valence-electron chi connectivity index (χ1n) is 5.15. The number of hydrogen-bond donors (Lipinski definition) is 2. The summed E-state index contributed by atoms with van der Waals surface area (Å²) in [4.78, 5) is 21.1. The molecule has 0 aromatic carbocycles. The van der Waals surface area contributed by atoms with Crippen LogP contribution < -0.4 is 11.3 Å². The fourth-order valence-electron chi connectivity index (χ4n) is 1.42. The van der Waals surface area contributed by atoms with Crippen LogP contribution in [-0.2, 0) is 4.79 Å². The van der Waals surface area contributed by atoms with Crippen LogP contribution in [0.2, 0.25) is 0 Å². The second-order valence-corrected chi connectivity index (χ2v) is 3.83. The Labute approximate surface area is 97.9 Å². The van der Waals surface area contributed by atoms with Crippen molar-refractivity contribution in [2.45, 2.75) is 32.7 Å². The molecule has 1 rings (SSSR count). The Morgan fingerprint density at radius 1 is 1.76 bits per heavy atom. The molecule has 0 aliphatic carbocycles. The number of nitrogens with zero attached hydrogens (tertiary/aromatic N) is 3. The first-order chi connectivity index (χ1) is 7.95. The van der Waals surface area contributed by atoms with Gasteiger partial charge in [-0.1, -0.05) is 0 Å². The zero-order valence-corrected chi connectivity index (χ0v) is 9.71. The molecule has 0 radical (unpaired) electrons. The molecule has 1 aromatic heterocycles. The van der Waals surface area contributed by atoms with Crippen molar-refractivity contribution < 1.29 is 9.72 Å². The van der Waals surface area contributed by atoms with Crippen molar-refractivity contribution in [3.05, 3.63) is 21.9 Å². The standard InChI is InChI=1S/C9H15N5O3/c1-6-5-13(12-9(6)14(16)17)7(2)3-4-8(15)11-10/h5,7H,3-4,10H2,1-2H3,(H,11,15). The summed E-state index contributed by atoms with van der Waals surface area (Å²) in [5.74, 6) is 4.53. The van der Waals surface area contributed by atoms with Crippen molar-refractivity contribution in [2.75, 3.05) is 0 Å². The van der Waals surface area contributed by atoms with Crippen LogP contribution in [0.15, 0.2) is 6.20 Å². The average Bonchev–Trinajstić information content (AvgIpc) is 2.67. The third-order valence-electron chi connectivity index (χ3n) is 2.46. The van der Waals surface area contributed by atoms with Crippen molar-refractivity contribution in [1.29, 1.82) is 0 Å². The highest BCUT2D eigenvalue weighted by Gasteiger charge is 2.20. The van der Waals surface area contributed by atoms with E-state index < -0.39 is 4.92 Å². The van der Waals surface area contributed by atoms with Gasteiger partial charge in [-0.2, -0.15) is 4.68 Å². The lowest BCUT2D eigenvalue weighted by Crippen LogP contribution is -2.30. The maximum atomic E-state index is 11.0. The first kappa shape index (κ1) is 13.1. The fourth-order valence-corrected chi connectivity index (χ4v) is 1.42. The molecule has 0 saturated carbocycles. The minimum atomic E-state index is -0.523. The summed E-state index contributed by atoms with van der Waals surface area (Å²) in [6, 6.07) is -0.0975. The third kappa shape index (κ3) is 3.25. The summed E-state index contributed by atoms with van der Waals surface area (Å²) < 4.78 is 1.50. The molecule has 0 aliphatic rings.